The number of hydrogen-bond acceptors (Lipinski definition) is 2. The van der Waals surface area contributed by atoms with Crippen LogP contribution >= 0.6 is 0 Å². The monoisotopic (exact) mass is 190 g/mol. The lowest BCUT2D eigenvalue weighted by atomic mass is 10.1. The fraction of sp³-hybridized carbons (Fsp3) is 0.417. The largest absolute Gasteiger partial charge is 0.306 e. The summed E-state index contributed by atoms with van der Waals surface area (Å²) in [5.74, 6) is 0. The lowest BCUT2D eigenvalue weighted by Gasteiger charge is -2.14. The first-order chi connectivity index (χ1) is 6.74. The van der Waals surface area contributed by atoms with Gasteiger partial charge >= 0.3 is 0 Å². The lowest BCUT2D eigenvalue weighted by Crippen LogP contribution is -2.20. The molecule has 1 N–H and O–H groups in total. The van der Waals surface area contributed by atoms with E-state index in [2.05, 4.69) is 30.7 Å². The molecule has 2 nitrogen and oxygen atoms in total. The third-order valence-electron chi connectivity index (χ3n) is 2.36. The second kappa shape index (κ2) is 5.55. The highest BCUT2D eigenvalue weighted by Gasteiger charge is 2.03. The minimum atomic E-state index is 0.362. The number of pyridine rings is 1. The number of aromatic nitrogens is 1. The van der Waals surface area contributed by atoms with Crippen LogP contribution in [-0.2, 0) is 0 Å². The molecule has 0 saturated heterocycles. The standard InChI is InChI=1S/C12H18N2/c1-4-10(2)9-14-11(3)12-5-7-13-8-6-12/h5-8,11,14H,2,4,9H2,1,3H3/t11-/m1/s1. The van der Waals surface area contributed by atoms with Crippen molar-refractivity contribution in [3.8, 4) is 0 Å². The van der Waals surface area contributed by atoms with Crippen molar-refractivity contribution >= 4 is 0 Å². The van der Waals surface area contributed by atoms with Crippen LogP contribution in [0.25, 0.3) is 0 Å². The minimum Gasteiger partial charge on any atom is -0.306 e. The second-order valence-corrected chi connectivity index (χ2v) is 3.49. The van der Waals surface area contributed by atoms with Gasteiger partial charge in [0.05, 0.1) is 0 Å². The third-order valence-corrected chi connectivity index (χ3v) is 2.36. The van der Waals surface area contributed by atoms with Crippen molar-refractivity contribution in [3.05, 3.63) is 42.2 Å². The molecule has 1 aromatic rings. The molecule has 0 aliphatic carbocycles. The van der Waals surface area contributed by atoms with Crippen LogP contribution in [0.15, 0.2) is 36.7 Å². The van der Waals surface area contributed by atoms with E-state index >= 15 is 0 Å². The SMILES string of the molecule is C=C(CC)CN[C@H](C)c1ccncc1. The molecule has 0 aromatic carbocycles. The lowest BCUT2D eigenvalue weighted by molar-refractivity contribution is 0.601. The van der Waals surface area contributed by atoms with Gasteiger partial charge in [-0.15, -0.1) is 0 Å². The molecule has 0 aliphatic rings. The molecule has 1 atom stereocenters. The van der Waals surface area contributed by atoms with Crippen molar-refractivity contribution in [2.24, 2.45) is 0 Å². The van der Waals surface area contributed by atoms with Crippen molar-refractivity contribution in [2.75, 3.05) is 6.54 Å². The van der Waals surface area contributed by atoms with E-state index in [4.69, 9.17) is 0 Å². The van der Waals surface area contributed by atoms with Gasteiger partial charge in [0.2, 0.25) is 0 Å². The van der Waals surface area contributed by atoms with E-state index < -0.39 is 0 Å². The van der Waals surface area contributed by atoms with E-state index in [0.717, 1.165) is 13.0 Å². The quantitative estimate of drug-likeness (QED) is 0.722. The molecule has 1 aromatic heterocycles. The Morgan fingerprint density at radius 2 is 2.14 bits per heavy atom. The molecule has 1 rings (SSSR count). The average molecular weight is 190 g/mol. The van der Waals surface area contributed by atoms with Gasteiger partial charge < -0.3 is 5.32 Å². The Morgan fingerprint density at radius 3 is 2.71 bits per heavy atom. The fourth-order valence-electron chi connectivity index (χ4n) is 1.19. The molecule has 0 bridgehead atoms. The van der Waals surface area contributed by atoms with Crippen LogP contribution in [-0.4, -0.2) is 11.5 Å². The van der Waals surface area contributed by atoms with Gasteiger partial charge in [-0.1, -0.05) is 19.1 Å². The molecule has 0 aliphatic heterocycles. The Morgan fingerprint density at radius 1 is 1.50 bits per heavy atom. The van der Waals surface area contributed by atoms with Crippen LogP contribution in [0, 0.1) is 0 Å². The maximum absolute atomic E-state index is 3.99. The zero-order valence-corrected chi connectivity index (χ0v) is 8.96. The molecule has 0 radical (unpaired) electrons. The molecule has 0 unspecified atom stereocenters. The fourth-order valence-corrected chi connectivity index (χ4v) is 1.19. The maximum Gasteiger partial charge on any atom is 0.0295 e. The summed E-state index contributed by atoms with van der Waals surface area (Å²) in [6.07, 6.45) is 4.68. The predicted molar refractivity (Wildman–Crippen MR) is 60.1 cm³/mol. The number of rotatable bonds is 5. The maximum atomic E-state index is 3.99. The summed E-state index contributed by atoms with van der Waals surface area (Å²) in [7, 11) is 0. The number of hydrogen-bond donors (Lipinski definition) is 1. The first-order valence-corrected chi connectivity index (χ1v) is 5.04. The predicted octanol–water partition coefficient (Wildman–Crippen LogP) is 2.70. The van der Waals surface area contributed by atoms with Gasteiger partial charge in [0.15, 0.2) is 0 Å². The molecular weight excluding hydrogens is 172 g/mol. The average Bonchev–Trinajstić information content (AvgIpc) is 2.26. The Hall–Kier alpha value is -1.15. The Kier molecular flexibility index (Phi) is 4.33. The van der Waals surface area contributed by atoms with E-state index in [-0.39, 0.29) is 0 Å². The topological polar surface area (TPSA) is 24.9 Å². The molecule has 1 heterocycles. The van der Waals surface area contributed by atoms with Crippen LogP contribution in [0.2, 0.25) is 0 Å². The molecule has 0 fully saturated rings. The third kappa shape index (κ3) is 3.30. The van der Waals surface area contributed by atoms with Crippen molar-refractivity contribution in [2.45, 2.75) is 26.3 Å². The Balaban J connectivity index is 2.43. The summed E-state index contributed by atoms with van der Waals surface area (Å²) in [5, 5.41) is 3.42. The van der Waals surface area contributed by atoms with Gasteiger partial charge in [0, 0.05) is 25.0 Å². The summed E-state index contributed by atoms with van der Waals surface area (Å²) in [6, 6.07) is 4.43. The Bertz CT molecular complexity index is 280. The first kappa shape index (κ1) is 10.9. The van der Waals surface area contributed by atoms with Gasteiger partial charge in [-0.25, -0.2) is 0 Å². The zero-order valence-electron chi connectivity index (χ0n) is 8.96. The highest BCUT2D eigenvalue weighted by atomic mass is 14.9. The summed E-state index contributed by atoms with van der Waals surface area (Å²) >= 11 is 0. The molecule has 2 heteroatoms. The van der Waals surface area contributed by atoms with Crippen LogP contribution in [0.5, 0.6) is 0 Å². The van der Waals surface area contributed by atoms with Crippen LogP contribution in [0.1, 0.15) is 31.9 Å². The number of nitrogens with zero attached hydrogens (tertiary/aromatic N) is 1. The van der Waals surface area contributed by atoms with Crippen molar-refractivity contribution in [1.29, 1.82) is 0 Å². The van der Waals surface area contributed by atoms with E-state index in [9.17, 15) is 0 Å². The van der Waals surface area contributed by atoms with E-state index in [1.165, 1.54) is 11.1 Å². The van der Waals surface area contributed by atoms with Crippen LogP contribution in [0.3, 0.4) is 0 Å². The molecule has 76 valence electrons. The van der Waals surface area contributed by atoms with Crippen molar-refractivity contribution in [3.63, 3.8) is 0 Å². The molecular formula is C12H18N2. The van der Waals surface area contributed by atoms with E-state index in [1.54, 1.807) is 0 Å². The molecule has 0 saturated carbocycles. The summed E-state index contributed by atoms with van der Waals surface area (Å²) < 4.78 is 0. The minimum absolute atomic E-state index is 0.362. The zero-order chi connectivity index (χ0) is 10.4. The summed E-state index contributed by atoms with van der Waals surface area (Å²) in [5.41, 5.74) is 2.51. The van der Waals surface area contributed by atoms with Crippen LogP contribution in [0.4, 0.5) is 0 Å². The highest BCUT2D eigenvalue weighted by molar-refractivity contribution is 5.14. The first-order valence-electron chi connectivity index (χ1n) is 5.04. The summed E-state index contributed by atoms with van der Waals surface area (Å²) in [6.45, 7) is 9.13. The van der Waals surface area contributed by atoms with Gasteiger partial charge in [0.25, 0.3) is 0 Å². The molecule has 14 heavy (non-hydrogen) atoms. The van der Waals surface area contributed by atoms with Gasteiger partial charge in [-0.2, -0.15) is 0 Å². The van der Waals surface area contributed by atoms with E-state index in [0.29, 0.717) is 6.04 Å². The van der Waals surface area contributed by atoms with Gasteiger partial charge in [-0.3, -0.25) is 4.98 Å². The molecule has 0 amide bonds. The smallest absolute Gasteiger partial charge is 0.0295 e. The number of nitrogens with one attached hydrogen (secondary N) is 1. The Labute approximate surface area is 86.1 Å². The van der Waals surface area contributed by atoms with Crippen molar-refractivity contribution in [1.82, 2.24) is 10.3 Å². The second-order valence-electron chi connectivity index (χ2n) is 3.49. The van der Waals surface area contributed by atoms with Gasteiger partial charge in [0.1, 0.15) is 0 Å². The normalized spacial score (nSPS) is 12.4. The van der Waals surface area contributed by atoms with Crippen molar-refractivity contribution < 1.29 is 0 Å². The van der Waals surface area contributed by atoms with E-state index in [1.807, 2.05) is 24.5 Å². The van der Waals surface area contributed by atoms with Gasteiger partial charge in [-0.05, 0) is 31.0 Å². The highest BCUT2D eigenvalue weighted by Crippen LogP contribution is 2.10. The van der Waals surface area contributed by atoms with Crippen LogP contribution < -0.4 is 5.32 Å². The summed E-state index contributed by atoms with van der Waals surface area (Å²) in [4.78, 5) is 3.99. The molecule has 0 spiro atoms.